The van der Waals surface area contributed by atoms with E-state index in [1.54, 1.807) is 6.20 Å². The third-order valence-electron chi connectivity index (χ3n) is 3.57. The zero-order valence-corrected chi connectivity index (χ0v) is 12.9. The van der Waals surface area contributed by atoms with Crippen LogP contribution in [0.1, 0.15) is 16.2 Å². The molecule has 0 unspecified atom stereocenters. The SMILES string of the molecule is Cc1cccc2nc(C(=O)Nc3ccc(N(C)C)cc3)cn12. The highest BCUT2D eigenvalue weighted by Crippen LogP contribution is 2.16. The van der Waals surface area contributed by atoms with Crippen LogP contribution in [0.2, 0.25) is 0 Å². The van der Waals surface area contributed by atoms with E-state index >= 15 is 0 Å². The van der Waals surface area contributed by atoms with Gasteiger partial charge in [-0.25, -0.2) is 4.98 Å². The molecule has 0 saturated carbocycles. The molecule has 2 aromatic heterocycles. The second-order valence-electron chi connectivity index (χ2n) is 5.42. The van der Waals surface area contributed by atoms with Gasteiger partial charge < -0.3 is 14.6 Å². The van der Waals surface area contributed by atoms with Crippen LogP contribution in [0.15, 0.2) is 48.7 Å². The van der Waals surface area contributed by atoms with E-state index < -0.39 is 0 Å². The van der Waals surface area contributed by atoms with Gasteiger partial charge in [0.25, 0.3) is 5.91 Å². The van der Waals surface area contributed by atoms with Gasteiger partial charge in [0, 0.05) is 37.4 Å². The molecule has 2 heterocycles. The molecule has 1 amide bonds. The average Bonchev–Trinajstić information content (AvgIpc) is 2.93. The molecule has 0 aliphatic heterocycles. The minimum absolute atomic E-state index is 0.208. The summed E-state index contributed by atoms with van der Waals surface area (Å²) >= 11 is 0. The topological polar surface area (TPSA) is 49.6 Å². The van der Waals surface area contributed by atoms with E-state index in [4.69, 9.17) is 0 Å². The van der Waals surface area contributed by atoms with Gasteiger partial charge in [-0.2, -0.15) is 0 Å². The van der Waals surface area contributed by atoms with Crippen LogP contribution in [0.25, 0.3) is 5.65 Å². The average molecular weight is 294 g/mol. The smallest absolute Gasteiger partial charge is 0.275 e. The van der Waals surface area contributed by atoms with Crippen LogP contribution < -0.4 is 10.2 Å². The second-order valence-corrected chi connectivity index (χ2v) is 5.42. The lowest BCUT2D eigenvalue weighted by atomic mass is 10.2. The summed E-state index contributed by atoms with van der Waals surface area (Å²) in [6.07, 6.45) is 1.76. The minimum atomic E-state index is -0.208. The Balaban J connectivity index is 1.82. The van der Waals surface area contributed by atoms with Crippen molar-refractivity contribution in [2.75, 3.05) is 24.3 Å². The van der Waals surface area contributed by atoms with E-state index in [2.05, 4.69) is 10.3 Å². The van der Waals surface area contributed by atoms with E-state index in [0.29, 0.717) is 5.69 Å². The van der Waals surface area contributed by atoms with Gasteiger partial charge in [-0.15, -0.1) is 0 Å². The number of pyridine rings is 1. The van der Waals surface area contributed by atoms with E-state index in [9.17, 15) is 4.79 Å². The number of carbonyl (C=O) groups excluding carboxylic acids is 1. The third kappa shape index (κ3) is 2.65. The largest absolute Gasteiger partial charge is 0.378 e. The summed E-state index contributed by atoms with van der Waals surface area (Å²) in [6, 6.07) is 13.5. The Hall–Kier alpha value is -2.82. The van der Waals surface area contributed by atoms with Gasteiger partial charge in [0.2, 0.25) is 0 Å². The molecule has 0 bridgehead atoms. The van der Waals surface area contributed by atoms with Crippen molar-refractivity contribution >= 4 is 22.9 Å². The van der Waals surface area contributed by atoms with Crippen molar-refractivity contribution in [2.24, 2.45) is 0 Å². The number of nitrogens with zero attached hydrogens (tertiary/aromatic N) is 3. The number of amides is 1. The second kappa shape index (κ2) is 5.52. The van der Waals surface area contributed by atoms with Gasteiger partial charge in [-0.05, 0) is 43.3 Å². The fourth-order valence-electron chi connectivity index (χ4n) is 2.30. The summed E-state index contributed by atoms with van der Waals surface area (Å²) in [5.41, 5.74) is 4.06. The maximum absolute atomic E-state index is 12.3. The number of hydrogen-bond acceptors (Lipinski definition) is 3. The maximum Gasteiger partial charge on any atom is 0.275 e. The van der Waals surface area contributed by atoms with Crippen LogP contribution in [0.3, 0.4) is 0 Å². The van der Waals surface area contributed by atoms with Crippen molar-refractivity contribution in [1.29, 1.82) is 0 Å². The van der Waals surface area contributed by atoms with Gasteiger partial charge in [0.05, 0.1) is 0 Å². The van der Waals surface area contributed by atoms with Crippen molar-refractivity contribution < 1.29 is 4.79 Å². The zero-order valence-electron chi connectivity index (χ0n) is 12.9. The summed E-state index contributed by atoms with van der Waals surface area (Å²) in [4.78, 5) is 18.7. The first-order valence-corrected chi connectivity index (χ1v) is 7.08. The van der Waals surface area contributed by atoms with Gasteiger partial charge >= 0.3 is 0 Å². The summed E-state index contributed by atoms with van der Waals surface area (Å²) < 4.78 is 1.91. The van der Waals surface area contributed by atoms with Crippen LogP contribution >= 0.6 is 0 Å². The van der Waals surface area contributed by atoms with Gasteiger partial charge in [0.15, 0.2) is 0 Å². The number of imidazole rings is 1. The van der Waals surface area contributed by atoms with Crippen LogP contribution in [-0.2, 0) is 0 Å². The monoisotopic (exact) mass is 294 g/mol. The highest BCUT2D eigenvalue weighted by atomic mass is 16.1. The molecule has 1 aromatic carbocycles. The Bertz CT molecular complexity index is 818. The highest BCUT2D eigenvalue weighted by molar-refractivity contribution is 6.03. The van der Waals surface area contributed by atoms with E-state index in [1.165, 1.54) is 0 Å². The summed E-state index contributed by atoms with van der Waals surface area (Å²) in [5.74, 6) is -0.208. The molecule has 0 spiro atoms. The van der Waals surface area contributed by atoms with Crippen molar-refractivity contribution in [3.8, 4) is 0 Å². The zero-order chi connectivity index (χ0) is 15.7. The molecule has 0 aliphatic rings. The normalized spacial score (nSPS) is 10.7. The summed E-state index contributed by atoms with van der Waals surface area (Å²) in [6.45, 7) is 1.98. The number of carbonyl (C=O) groups is 1. The molecule has 0 atom stereocenters. The number of anilines is 2. The first-order chi connectivity index (χ1) is 10.5. The molecule has 0 aliphatic carbocycles. The molecule has 0 saturated heterocycles. The lowest BCUT2D eigenvalue weighted by molar-refractivity contribution is 0.102. The summed E-state index contributed by atoms with van der Waals surface area (Å²) in [7, 11) is 3.96. The predicted octanol–water partition coefficient (Wildman–Crippen LogP) is 2.96. The fourth-order valence-corrected chi connectivity index (χ4v) is 2.30. The van der Waals surface area contributed by atoms with Crippen molar-refractivity contribution in [3.05, 3.63) is 60.0 Å². The predicted molar refractivity (Wildman–Crippen MR) is 88.7 cm³/mol. The molecule has 112 valence electrons. The lowest BCUT2D eigenvalue weighted by Crippen LogP contribution is -2.13. The minimum Gasteiger partial charge on any atom is -0.378 e. The number of aryl methyl sites for hydroxylation is 1. The van der Waals surface area contributed by atoms with E-state index in [1.807, 2.05) is 72.8 Å². The Morgan fingerprint density at radius 1 is 1.14 bits per heavy atom. The standard InChI is InChI=1S/C17H18N4O/c1-12-5-4-6-16-19-15(11-21(12)16)17(22)18-13-7-9-14(10-8-13)20(2)3/h4-11H,1-3H3,(H,18,22). The molecule has 3 rings (SSSR count). The maximum atomic E-state index is 12.3. The Labute approximate surface area is 129 Å². The number of fused-ring (bicyclic) bond motifs is 1. The first-order valence-electron chi connectivity index (χ1n) is 7.08. The lowest BCUT2D eigenvalue weighted by Gasteiger charge is -2.12. The van der Waals surface area contributed by atoms with Crippen LogP contribution in [0, 0.1) is 6.92 Å². The van der Waals surface area contributed by atoms with Gasteiger partial charge in [-0.3, -0.25) is 4.79 Å². The number of benzene rings is 1. The number of hydrogen-bond donors (Lipinski definition) is 1. The first kappa shape index (κ1) is 14.1. The Morgan fingerprint density at radius 2 is 1.86 bits per heavy atom. The molecular weight excluding hydrogens is 276 g/mol. The van der Waals surface area contributed by atoms with Crippen molar-refractivity contribution in [2.45, 2.75) is 6.92 Å². The molecule has 5 nitrogen and oxygen atoms in total. The summed E-state index contributed by atoms with van der Waals surface area (Å²) in [5, 5.41) is 2.87. The number of rotatable bonds is 3. The highest BCUT2D eigenvalue weighted by Gasteiger charge is 2.11. The number of aromatic nitrogens is 2. The van der Waals surface area contributed by atoms with Gasteiger partial charge in [0.1, 0.15) is 11.3 Å². The van der Waals surface area contributed by atoms with Crippen LogP contribution in [-0.4, -0.2) is 29.4 Å². The molecule has 5 heteroatoms. The fraction of sp³-hybridized carbons (Fsp3) is 0.176. The van der Waals surface area contributed by atoms with Crippen LogP contribution in [0.4, 0.5) is 11.4 Å². The molecule has 22 heavy (non-hydrogen) atoms. The molecule has 1 N–H and O–H groups in total. The Kier molecular flexibility index (Phi) is 3.55. The molecular formula is C17H18N4O. The molecule has 3 aromatic rings. The number of nitrogens with one attached hydrogen (secondary N) is 1. The quantitative estimate of drug-likeness (QED) is 0.808. The van der Waals surface area contributed by atoms with Crippen LogP contribution in [0.5, 0.6) is 0 Å². The third-order valence-corrected chi connectivity index (χ3v) is 3.57. The van der Waals surface area contributed by atoms with E-state index in [0.717, 1.165) is 22.7 Å². The van der Waals surface area contributed by atoms with Crippen molar-refractivity contribution in [1.82, 2.24) is 9.38 Å². The van der Waals surface area contributed by atoms with Gasteiger partial charge in [-0.1, -0.05) is 6.07 Å². The van der Waals surface area contributed by atoms with Crippen molar-refractivity contribution in [3.63, 3.8) is 0 Å². The molecule has 0 radical (unpaired) electrons. The Morgan fingerprint density at radius 3 is 2.50 bits per heavy atom. The molecule has 0 fully saturated rings. The van der Waals surface area contributed by atoms with E-state index in [-0.39, 0.29) is 5.91 Å².